The summed E-state index contributed by atoms with van der Waals surface area (Å²) in [7, 11) is 0. The Morgan fingerprint density at radius 2 is 2.24 bits per heavy atom. The average Bonchev–Trinajstić information content (AvgIpc) is 2.29. The number of pyridine rings is 1. The lowest BCUT2D eigenvalue weighted by molar-refractivity contribution is 0.0937. The Hall–Kier alpha value is -1.58. The molecule has 0 saturated heterocycles. The van der Waals surface area contributed by atoms with Crippen LogP contribution < -0.4 is 5.32 Å². The first kappa shape index (κ1) is 13.5. The van der Waals surface area contributed by atoms with Crippen molar-refractivity contribution >= 4 is 5.91 Å². The van der Waals surface area contributed by atoms with E-state index in [-0.39, 0.29) is 17.7 Å². The maximum absolute atomic E-state index is 11.8. The van der Waals surface area contributed by atoms with Crippen LogP contribution in [0.3, 0.4) is 0 Å². The van der Waals surface area contributed by atoms with Gasteiger partial charge in [-0.2, -0.15) is 0 Å². The number of aromatic nitrogens is 1. The molecule has 0 aromatic carbocycles. The Bertz CT molecular complexity index is 366. The molecule has 0 fully saturated rings. The molecule has 1 heterocycles. The second-order valence-corrected chi connectivity index (χ2v) is 4.30. The van der Waals surface area contributed by atoms with E-state index < -0.39 is 0 Å². The number of nitrogens with one attached hydrogen (secondary N) is 1. The molecule has 1 aromatic heterocycles. The fraction of sp³-hybridized carbons (Fsp3) is 0.538. The van der Waals surface area contributed by atoms with E-state index in [0.717, 1.165) is 12.8 Å². The van der Waals surface area contributed by atoms with Crippen molar-refractivity contribution in [3.05, 3.63) is 24.0 Å². The molecule has 1 aromatic rings. The predicted molar refractivity (Wildman–Crippen MR) is 67.0 cm³/mol. The van der Waals surface area contributed by atoms with E-state index in [1.807, 2.05) is 6.92 Å². The minimum atomic E-state index is -0.183. The van der Waals surface area contributed by atoms with Crippen LogP contribution in [-0.4, -0.2) is 22.0 Å². The van der Waals surface area contributed by atoms with Gasteiger partial charge in [0.15, 0.2) is 0 Å². The Balaban J connectivity index is 2.43. The minimum Gasteiger partial charge on any atom is -0.506 e. The normalized spacial score (nSPS) is 12.1. The monoisotopic (exact) mass is 236 g/mol. The Labute approximate surface area is 102 Å². The molecule has 0 aliphatic rings. The molecule has 1 atom stereocenters. The molecule has 0 saturated carbocycles. The highest BCUT2D eigenvalue weighted by Crippen LogP contribution is 2.09. The van der Waals surface area contributed by atoms with Gasteiger partial charge in [-0.1, -0.05) is 26.2 Å². The standard InChI is InChI=1S/C13H20N2O2/c1-3-4-5-6-10(2)15-13(17)11-7-12(16)9-14-8-11/h7-10,16H,3-6H2,1-2H3,(H,15,17). The van der Waals surface area contributed by atoms with E-state index in [0.29, 0.717) is 5.56 Å². The van der Waals surface area contributed by atoms with Crippen LogP contribution in [0.25, 0.3) is 0 Å². The minimum absolute atomic E-state index is 0.0105. The van der Waals surface area contributed by atoms with Gasteiger partial charge in [-0.05, 0) is 19.4 Å². The maximum Gasteiger partial charge on any atom is 0.253 e. The molecule has 2 N–H and O–H groups in total. The molecule has 0 aliphatic carbocycles. The van der Waals surface area contributed by atoms with E-state index in [9.17, 15) is 9.90 Å². The first-order valence-corrected chi connectivity index (χ1v) is 6.08. The van der Waals surface area contributed by atoms with Gasteiger partial charge in [-0.3, -0.25) is 9.78 Å². The number of aromatic hydroxyl groups is 1. The lowest BCUT2D eigenvalue weighted by Gasteiger charge is -2.13. The van der Waals surface area contributed by atoms with Crippen molar-refractivity contribution in [2.24, 2.45) is 0 Å². The van der Waals surface area contributed by atoms with Crippen LogP contribution in [0.1, 0.15) is 49.9 Å². The second-order valence-electron chi connectivity index (χ2n) is 4.30. The summed E-state index contributed by atoms with van der Waals surface area (Å²) in [6, 6.07) is 1.57. The summed E-state index contributed by atoms with van der Waals surface area (Å²) in [6.45, 7) is 4.14. The third kappa shape index (κ3) is 4.85. The number of unbranched alkanes of at least 4 members (excludes halogenated alkanes) is 2. The highest BCUT2D eigenvalue weighted by atomic mass is 16.3. The van der Waals surface area contributed by atoms with Gasteiger partial charge in [-0.15, -0.1) is 0 Å². The van der Waals surface area contributed by atoms with Crippen LogP contribution in [0.5, 0.6) is 5.75 Å². The molecule has 94 valence electrons. The van der Waals surface area contributed by atoms with Gasteiger partial charge in [0.2, 0.25) is 0 Å². The lowest BCUT2D eigenvalue weighted by Crippen LogP contribution is -2.32. The van der Waals surface area contributed by atoms with Gasteiger partial charge in [-0.25, -0.2) is 0 Å². The molecule has 1 unspecified atom stereocenters. The Morgan fingerprint density at radius 3 is 2.88 bits per heavy atom. The van der Waals surface area contributed by atoms with Crippen molar-refractivity contribution in [3.8, 4) is 5.75 Å². The number of hydrogen-bond donors (Lipinski definition) is 2. The second kappa shape index (κ2) is 6.89. The highest BCUT2D eigenvalue weighted by molar-refractivity contribution is 5.94. The smallest absolute Gasteiger partial charge is 0.253 e. The molecule has 0 bridgehead atoms. The zero-order valence-electron chi connectivity index (χ0n) is 10.4. The van der Waals surface area contributed by atoms with E-state index in [2.05, 4.69) is 17.2 Å². The third-order valence-electron chi connectivity index (χ3n) is 2.60. The van der Waals surface area contributed by atoms with Crippen LogP contribution in [0.15, 0.2) is 18.5 Å². The molecular formula is C13H20N2O2. The van der Waals surface area contributed by atoms with Crippen LogP contribution in [-0.2, 0) is 0 Å². The third-order valence-corrected chi connectivity index (χ3v) is 2.60. The summed E-state index contributed by atoms with van der Waals surface area (Å²) >= 11 is 0. The zero-order chi connectivity index (χ0) is 12.7. The van der Waals surface area contributed by atoms with Crippen LogP contribution in [0.2, 0.25) is 0 Å². The average molecular weight is 236 g/mol. The molecular weight excluding hydrogens is 216 g/mol. The van der Waals surface area contributed by atoms with Gasteiger partial charge in [0.1, 0.15) is 5.75 Å². The quantitative estimate of drug-likeness (QED) is 0.746. The van der Waals surface area contributed by atoms with Gasteiger partial charge in [0, 0.05) is 12.2 Å². The van der Waals surface area contributed by atoms with E-state index in [1.54, 1.807) is 0 Å². The summed E-state index contributed by atoms with van der Waals surface area (Å²) in [6.07, 6.45) is 7.22. The molecule has 0 radical (unpaired) electrons. The first-order valence-electron chi connectivity index (χ1n) is 6.08. The topological polar surface area (TPSA) is 62.2 Å². The Morgan fingerprint density at radius 1 is 1.47 bits per heavy atom. The predicted octanol–water partition coefficient (Wildman–Crippen LogP) is 2.49. The van der Waals surface area contributed by atoms with Gasteiger partial charge >= 0.3 is 0 Å². The first-order chi connectivity index (χ1) is 8.13. The number of amides is 1. The fourth-order valence-corrected chi connectivity index (χ4v) is 1.63. The molecule has 1 amide bonds. The Kier molecular flexibility index (Phi) is 5.46. The summed E-state index contributed by atoms with van der Waals surface area (Å²) in [5.41, 5.74) is 0.396. The maximum atomic E-state index is 11.8. The lowest BCUT2D eigenvalue weighted by atomic mass is 10.1. The number of nitrogens with zero attached hydrogens (tertiary/aromatic N) is 1. The number of hydrogen-bond acceptors (Lipinski definition) is 3. The van der Waals surface area contributed by atoms with Gasteiger partial charge in [0.25, 0.3) is 5.91 Å². The van der Waals surface area contributed by atoms with E-state index >= 15 is 0 Å². The van der Waals surface area contributed by atoms with Crippen molar-refractivity contribution < 1.29 is 9.90 Å². The van der Waals surface area contributed by atoms with Crippen LogP contribution in [0, 0.1) is 0 Å². The molecule has 0 spiro atoms. The van der Waals surface area contributed by atoms with Gasteiger partial charge in [0.05, 0.1) is 11.8 Å². The number of carbonyl (C=O) groups is 1. The fourth-order valence-electron chi connectivity index (χ4n) is 1.63. The highest BCUT2D eigenvalue weighted by Gasteiger charge is 2.10. The largest absolute Gasteiger partial charge is 0.506 e. The van der Waals surface area contributed by atoms with Crippen molar-refractivity contribution in [1.29, 1.82) is 0 Å². The SMILES string of the molecule is CCCCCC(C)NC(=O)c1cncc(O)c1. The molecule has 4 nitrogen and oxygen atoms in total. The summed E-state index contributed by atoms with van der Waals surface area (Å²) in [5, 5.41) is 12.1. The van der Waals surface area contributed by atoms with Crippen molar-refractivity contribution in [2.75, 3.05) is 0 Å². The van der Waals surface area contributed by atoms with Crippen LogP contribution in [0.4, 0.5) is 0 Å². The van der Waals surface area contributed by atoms with Gasteiger partial charge < -0.3 is 10.4 Å². The number of carbonyl (C=O) groups excluding carboxylic acids is 1. The van der Waals surface area contributed by atoms with Crippen molar-refractivity contribution in [2.45, 2.75) is 45.6 Å². The number of rotatable bonds is 6. The zero-order valence-corrected chi connectivity index (χ0v) is 10.4. The van der Waals surface area contributed by atoms with Crippen LogP contribution >= 0.6 is 0 Å². The molecule has 0 aliphatic heterocycles. The molecule has 4 heteroatoms. The van der Waals surface area contributed by atoms with Crippen molar-refractivity contribution in [1.82, 2.24) is 10.3 Å². The van der Waals surface area contributed by atoms with E-state index in [4.69, 9.17) is 0 Å². The van der Waals surface area contributed by atoms with Crippen molar-refractivity contribution in [3.63, 3.8) is 0 Å². The summed E-state index contributed by atoms with van der Waals surface area (Å²) in [5.74, 6) is -0.173. The molecule has 17 heavy (non-hydrogen) atoms. The summed E-state index contributed by atoms with van der Waals surface area (Å²) in [4.78, 5) is 15.6. The molecule has 1 rings (SSSR count). The summed E-state index contributed by atoms with van der Waals surface area (Å²) < 4.78 is 0. The van der Waals surface area contributed by atoms with E-state index in [1.165, 1.54) is 31.3 Å².